The van der Waals surface area contributed by atoms with Crippen molar-refractivity contribution in [2.45, 2.75) is 44.3 Å². The second-order valence-electron chi connectivity index (χ2n) is 4.82. The first-order valence-corrected chi connectivity index (χ1v) is 8.93. The Bertz CT molecular complexity index is 318. The topological polar surface area (TPSA) is 20.3 Å². The van der Waals surface area contributed by atoms with Gasteiger partial charge >= 0.3 is 0 Å². The smallest absolute Gasteiger partial charge is 0.0795 e. The third-order valence-electron chi connectivity index (χ3n) is 3.10. The van der Waals surface area contributed by atoms with Crippen molar-refractivity contribution in [2.75, 3.05) is 19.8 Å². The minimum Gasteiger partial charge on any atom is -0.372 e. The lowest BCUT2D eigenvalue weighted by Crippen LogP contribution is -2.18. The maximum Gasteiger partial charge on any atom is 0.0795 e. The van der Waals surface area contributed by atoms with E-state index in [1.165, 1.54) is 19.3 Å². The summed E-state index contributed by atoms with van der Waals surface area (Å²) >= 11 is 1.75. The zero-order chi connectivity index (χ0) is 13.4. The first-order valence-electron chi connectivity index (χ1n) is 6.67. The van der Waals surface area contributed by atoms with E-state index in [-0.39, 0.29) is 0 Å². The van der Waals surface area contributed by atoms with E-state index < -0.39 is 10.8 Å². The molecule has 18 heavy (non-hydrogen) atoms. The van der Waals surface area contributed by atoms with Crippen LogP contribution in [0.3, 0.4) is 0 Å². The molecule has 1 rings (SSSR count). The van der Waals surface area contributed by atoms with E-state index in [1.54, 1.807) is 11.8 Å². The summed E-state index contributed by atoms with van der Waals surface area (Å²) in [6, 6.07) is 0. The van der Waals surface area contributed by atoms with Crippen molar-refractivity contribution >= 4 is 22.6 Å². The summed E-state index contributed by atoms with van der Waals surface area (Å²) < 4.78 is 12.3. The Morgan fingerprint density at radius 3 is 2.56 bits per heavy atom. The molecular formula is C14H25NOS2. The Morgan fingerprint density at radius 2 is 2.00 bits per heavy atom. The standard InChI is InChI=1S/C14H25NOS2/c1-4-5-11-17-14(15(2)3)12-18(16)13-9-7-6-8-10-13/h4-5,12-13H,6-11H2,1-3H3/b5-4+,14-12-. The third-order valence-corrected chi connectivity index (χ3v) is 5.97. The molecule has 0 heterocycles. The number of nitrogens with zero attached hydrogens (tertiary/aromatic N) is 1. The third kappa shape index (κ3) is 5.61. The quantitative estimate of drug-likeness (QED) is 0.694. The second kappa shape index (κ2) is 8.81. The normalized spacial score (nSPS) is 20.3. The lowest BCUT2D eigenvalue weighted by Gasteiger charge is -2.21. The molecule has 0 radical (unpaired) electrons. The molecule has 1 aliphatic carbocycles. The van der Waals surface area contributed by atoms with E-state index in [2.05, 4.69) is 17.1 Å². The number of hydrogen-bond acceptors (Lipinski definition) is 3. The molecule has 1 fully saturated rings. The molecule has 2 nitrogen and oxygen atoms in total. The van der Waals surface area contributed by atoms with Crippen LogP contribution in [0, 0.1) is 0 Å². The van der Waals surface area contributed by atoms with Gasteiger partial charge in [-0.05, 0) is 19.8 Å². The van der Waals surface area contributed by atoms with E-state index in [9.17, 15) is 4.21 Å². The summed E-state index contributed by atoms with van der Waals surface area (Å²) in [5.41, 5.74) is 0. The molecule has 0 aliphatic heterocycles. The van der Waals surface area contributed by atoms with Crippen LogP contribution in [0.2, 0.25) is 0 Å². The van der Waals surface area contributed by atoms with Gasteiger partial charge in [0.1, 0.15) is 0 Å². The van der Waals surface area contributed by atoms with Gasteiger partial charge in [0, 0.05) is 30.5 Å². The molecule has 1 saturated carbocycles. The highest BCUT2D eigenvalue weighted by Crippen LogP contribution is 2.25. The highest BCUT2D eigenvalue weighted by Gasteiger charge is 2.19. The van der Waals surface area contributed by atoms with Gasteiger partial charge in [-0.15, -0.1) is 11.8 Å². The van der Waals surface area contributed by atoms with Gasteiger partial charge in [-0.3, -0.25) is 4.21 Å². The average Bonchev–Trinajstić information content (AvgIpc) is 2.38. The van der Waals surface area contributed by atoms with Crippen LogP contribution in [0.4, 0.5) is 0 Å². The van der Waals surface area contributed by atoms with Gasteiger partial charge < -0.3 is 4.90 Å². The molecule has 1 unspecified atom stereocenters. The molecule has 0 aromatic heterocycles. The fraction of sp³-hybridized carbons (Fsp3) is 0.714. The van der Waals surface area contributed by atoms with E-state index in [1.807, 2.05) is 26.4 Å². The maximum atomic E-state index is 12.3. The van der Waals surface area contributed by atoms with Gasteiger partial charge in [0.05, 0.1) is 15.8 Å². The monoisotopic (exact) mass is 287 g/mol. The molecule has 1 atom stereocenters. The van der Waals surface area contributed by atoms with Crippen molar-refractivity contribution in [3.8, 4) is 0 Å². The fourth-order valence-electron chi connectivity index (χ4n) is 1.99. The number of allylic oxidation sites excluding steroid dienone is 1. The second-order valence-corrected chi connectivity index (χ2v) is 7.42. The highest BCUT2D eigenvalue weighted by molar-refractivity contribution is 8.03. The summed E-state index contributed by atoms with van der Waals surface area (Å²) in [6.45, 7) is 2.03. The number of thioether (sulfide) groups is 1. The molecule has 0 amide bonds. The molecule has 0 aromatic carbocycles. The molecule has 4 heteroatoms. The zero-order valence-corrected chi connectivity index (χ0v) is 13.4. The predicted octanol–water partition coefficient (Wildman–Crippen LogP) is 3.74. The molecule has 0 N–H and O–H groups in total. The van der Waals surface area contributed by atoms with Gasteiger partial charge in [-0.1, -0.05) is 31.4 Å². The summed E-state index contributed by atoms with van der Waals surface area (Å²) in [6.07, 6.45) is 10.2. The lowest BCUT2D eigenvalue weighted by molar-refractivity contribution is 0.506. The SMILES string of the molecule is C/C=C/CS/C(=C\S(=O)C1CCCCC1)N(C)C. The summed E-state index contributed by atoms with van der Waals surface area (Å²) in [7, 11) is 3.23. The first-order chi connectivity index (χ1) is 8.65. The minimum atomic E-state index is -0.811. The van der Waals surface area contributed by atoms with Crippen molar-refractivity contribution in [3.63, 3.8) is 0 Å². The maximum absolute atomic E-state index is 12.3. The van der Waals surface area contributed by atoms with Crippen molar-refractivity contribution in [3.05, 3.63) is 22.6 Å². The molecular weight excluding hydrogens is 262 g/mol. The minimum absolute atomic E-state index is 0.385. The van der Waals surface area contributed by atoms with Crippen LogP contribution >= 0.6 is 11.8 Å². The van der Waals surface area contributed by atoms with E-state index in [0.717, 1.165) is 23.6 Å². The number of rotatable bonds is 6. The van der Waals surface area contributed by atoms with Crippen molar-refractivity contribution in [1.82, 2.24) is 4.90 Å². The Kier molecular flexibility index (Phi) is 7.75. The molecule has 0 spiro atoms. The molecule has 0 bridgehead atoms. The molecule has 104 valence electrons. The van der Waals surface area contributed by atoms with E-state index in [0.29, 0.717) is 5.25 Å². The van der Waals surface area contributed by atoms with E-state index >= 15 is 0 Å². The lowest BCUT2D eigenvalue weighted by atomic mass is 10.0. The van der Waals surface area contributed by atoms with Gasteiger partial charge in [-0.2, -0.15) is 0 Å². The summed E-state index contributed by atoms with van der Waals surface area (Å²) in [5.74, 6) is 0.947. The number of hydrogen-bond donors (Lipinski definition) is 0. The van der Waals surface area contributed by atoms with Crippen LogP contribution < -0.4 is 0 Å². The molecule has 0 aromatic rings. The Labute approximate surface area is 118 Å². The average molecular weight is 287 g/mol. The van der Waals surface area contributed by atoms with Gasteiger partial charge in [0.15, 0.2) is 0 Å². The molecule has 0 saturated heterocycles. The van der Waals surface area contributed by atoms with Crippen LogP contribution in [0.5, 0.6) is 0 Å². The Hall–Kier alpha value is -0.220. The van der Waals surface area contributed by atoms with Crippen LogP contribution in [-0.2, 0) is 10.8 Å². The fourth-order valence-corrected chi connectivity index (χ4v) is 4.67. The Morgan fingerprint density at radius 1 is 1.33 bits per heavy atom. The van der Waals surface area contributed by atoms with Crippen LogP contribution in [-0.4, -0.2) is 34.2 Å². The first kappa shape index (κ1) is 15.8. The van der Waals surface area contributed by atoms with Crippen molar-refractivity contribution in [2.24, 2.45) is 0 Å². The Balaban J connectivity index is 2.59. The van der Waals surface area contributed by atoms with E-state index in [4.69, 9.17) is 0 Å². The largest absolute Gasteiger partial charge is 0.372 e. The van der Waals surface area contributed by atoms with Gasteiger partial charge in [-0.25, -0.2) is 0 Å². The van der Waals surface area contributed by atoms with Crippen molar-refractivity contribution in [1.29, 1.82) is 0 Å². The van der Waals surface area contributed by atoms with Crippen LogP contribution in [0.1, 0.15) is 39.0 Å². The predicted molar refractivity (Wildman–Crippen MR) is 84.1 cm³/mol. The van der Waals surface area contributed by atoms with Crippen LogP contribution in [0.15, 0.2) is 22.6 Å². The van der Waals surface area contributed by atoms with Gasteiger partial charge in [0.2, 0.25) is 0 Å². The summed E-state index contributed by atoms with van der Waals surface area (Å²) in [5, 5.41) is 3.47. The highest BCUT2D eigenvalue weighted by atomic mass is 32.2. The van der Waals surface area contributed by atoms with Crippen molar-refractivity contribution < 1.29 is 4.21 Å². The van der Waals surface area contributed by atoms with Gasteiger partial charge in [0.25, 0.3) is 0 Å². The van der Waals surface area contributed by atoms with Crippen LogP contribution in [0.25, 0.3) is 0 Å². The summed E-state index contributed by atoms with van der Waals surface area (Å²) in [4.78, 5) is 2.06. The molecule has 1 aliphatic rings. The zero-order valence-electron chi connectivity index (χ0n) is 11.7.